The summed E-state index contributed by atoms with van der Waals surface area (Å²) in [5.74, 6) is -0.839. The van der Waals surface area contributed by atoms with Crippen molar-refractivity contribution in [3.05, 3.63) is 47.3 Å². The fourth-order valence-electron chi connectivity index (χ4n) is 2.38. The van der Waals surface area contributed by atoms with Gasteiger partial charge in [0, 0.05) is 26.2 Å². The van der Waals surface area contributed by atoms with Gasteiger partial charge in [-0.25, -0.2) is 4.57 Å². The summed E-state index contributed by atoms with van der Waals surface area (Å²) in [6, 6.07) is 3.58. The second-order valence-electron chi connectivity index (χ2n) is 4.84. The van der Waals surface area contributed by atoms with Crippen LogP contribution in [0.25, 0.3) is 0 Å². The minimum absolute atomic E-state index is 0.108. The molecule has 20 heavy (non-hydrogen) atoms. The van der Waals surface area contributed by atoms with Crippen LogP contribution in [0.15, 0.2) is 24.5 Å². The largest absolute Gasteiger partial charge is 0.481 e. The summed E-state index contributed by atoms with van der Waals surface area (Å²) in [5.41, 5.74) is 2.35. The Bertz CT molecular complexity index is 609. The van der Waals surface area contributed by atoms with Gasteiger partial charge in [0.25, 0.3) is 0 Å². The second kappa shape index (κ2) is 5.32. The molecule has 0 bridgehead atoms. The molecule has 0 aliphatic carbocycles. The van der Waals surface area contributed by atoms with E-state index in [0.717, 1.165) is 16.0 Å². The first-order chi connectivity index (χ1) is 9.43. The topological polar surface area (TPSA) is 79.2 Å². The fourth-order valence-corrected chi connectivity index (χ4v) is 2.38. The molecule has 6 nitrogen and oxygen atoms in total. The van der Waals surface area contributed by atoms with Gasteiger partial charge in [-0.2, -0.15) is 0 Å². The molecule has 2 heterocycles. The Hall–Kier alpha value is -2.37. The smallest absolute Gasteiger partial charge is 0.304 e. The number of aliphatic carboxylic acids is 1. The Balaban J connectivity index is 2.59. The van der Waals surface area contributed by atoms with Crippen molar-refractivity contribution in [2.75, 3.05) is 0 Å². The maximum absolute atomic E-state index is 11.2. The maximum Gasteiger partial charge on any atom is 0.304 e. The number of carbonyl (C=O) groups is 1. The van der Waals surface area contributed by atoms with Crippen molar-refractivity contribution in [1.82, 2.24) is 9.71 Å². The first kappa shape index (κ1) is 14.0. The van der Waals surface area contributed by atoms with E-state index in [1.54, 1.807) is 25.4 Å². The molecule has 2 aromatic rings. The van der Waals surface area contributed by atoms with Crippen molar-refractivity contribution < 1.29 is 19.7 Å². The number of aromatic nitrogens is 3. The molecule has 6 heteroatoms. The maximum atomic E-state index is 11.2. The van der Waals surface area contributed by atoms with Crippen LogP contribution in [0.5, 0.6) is 0 Å². The quantitative estimate of drug-likeness (QED) is 0.649. The lowest BCUT2D eigenvalue weighted by Gasteiger charge is -2.11. The van der Waals surface area contributed by atoms with Crippen molar-refractivity contribution in [3.63, 3.8) is 0 Å². The molecule has 0 radical (unpaired) electrons. The molecule has 2 N–H and O–H groups in total. The number of hydrogen-bond donors (Lipinski definition) is 2. The first-order valence-corrected chi connectivity index (χ1v) is 6.32. The van der Waals surface area contributed by atoms with Crippen molar-refractivity contribution in [2.24, 2.45) is 7.05 Å². The molecule has 0 spiro atoms. The molecule has 2 rings (SSSR count). The fraction of sp³-hybridized carbons (Fsp3) is 0.357. The summed E-state index contributed by atoms with van der Waals surface area (Å²) in [6.07, 6.45) is 3.16. The average molecular weight is 276 g/mol. The van der Waals surface area contributed by atoms with Crippen molar-refractivity contribution in [1.29, 1.82) is 0 Å². The lowest BCUT2D eigenvalue weighted by molar-refractivity contribution is -0.686. The Labute approximate surface area is 116 Å². The Morgan fingerprint density at radius 1 is 1.50 bits per heavy atom. The van der Waals surface area contributed by atoms with Crippen molar-refractivity contribution >= 4 is 5.97 Å². The molecule has 0 saturated heterocycles. The number of imidazole rings is 1. The van der Waals surface area contributed by atoms with E-state index in [1.807, 2.05) is 24.6 Å². The third-order valence-corrected chi connectivity index (χ3v) is 3.68. The van der Waals surface area contributed by atoms with Crippen LogP contribution < -0.4 is 4.57 Å². The monoisotopic (exact) mass is 276 g/mol. The lowest BCUT2D eigenvalue weighted by Crippen LogP contribution is -2.37. The minimum atomic E-state index is -0.921. The van der Waals surface area contributed by atoms with Crippen LogP contribution in [0, 0.1) is 13.8 Å². The number of hydrogen-bond acceptors (Lipinski definition) is 3. The van der Waals surface area contributed by atoms with E-state index in [2.05, 4.69) is 4.98 Å². The molecule has 0 aliphatic heterocycles. The van der Waals surface area contributed by atoms with Gasteiger partial charge >= 0.3 is 11.8 Å². The van der Waals surface area contributed by atoms with Crippen molar-refractivity contribution in [3.8, 4) is 0 Å². The van der Waals surface area contributed by atoms with Gasteiger partial charge in [-0.15, -0.1) is 0 Å². The third-order valence-electron chi connectivity index (χ3n) is 3.68. The summed E-state index contributed by atoms with van der Waals surface area (Å²) in [4.78, 5) is 15.2. The summed E-state index contributed by atoms with van der Waals surface area (Å²) in [7, 11) is 1.82. The van der Waals surface area contributed by atoms with Crippen LogP contribution in [0.2, 0.25) is 0 Å². The molecule has 0 saturated carbocycles. The summed E-state index contributed by atoms with van der Waals surface area (Å²) in [6.45, 7) is 3.67. The van der Waals surface area contributed by atoms with Crippen LogP contribution in [0.1, 0.15) is 35.1 Å². The normalized spacial score (nSPS) is 12.3. The van der Waals surface area contributed by atoms with Gasteiger partial charge in [-0.3, -0.25) is 9.78 Å². The summed E-state index contributed by atoms with van der Waals surface area (Å²) in [5, 5.41) is 19.4. The SMILES string of the molecule is Cc1c(C)[n+](C)c([C@@H](CC(=O)O)c2cccnc2)n1O. The number of rotatable bonds is 4. The number of pyridine rings is 1. The van der Waals surface area contributed by atoms with Gasteiger partial charge in [0.1, 0.15) is 11.6 Å². The van der Waals surface area contributed by atoms with E-state index in [-0.39, 0.29) is 6.42 Å². The molecule has 0 amide bonds. The zero-order valence-corrected chi connectivity index (χ0v) is 11.7. The van der Waals surface area contributed by atoms with Gasteiger partial charge in [0.05, 0.1) is 13.5 Å². The van der Waals surface area contributed by atoms with Gasteiger partial charge in [0.2, 0.25) is 0 Å². The lowest BCUT2D eigenvalue weighted by atomic mass is 9.96. The molecule has 106 valence electrons. The van der Waals surface area contributed by atoms with E-state index in [4.69, 9.17) is 5.11 Å². The van der Waals surface area contributed by atoms with E-state index < -0.39 is 11.9 Å². The first-order valence-electron chi connectivity index (χ1n) is 6.32. The van der Waals surface area contributed by atoms with E-state index in [0.29, 0.717) is 11.5 Å². The predicted molar refractivity (Wildman–Crippen MR) is 70.6 cm³/mol. The van der Waals surface area contributed by atoms with Crippen LogP contribution in [0.4, 0.5) is 0 Å². The molecule has 0 aliphatic rings. The zero-order chi connectivity index (χ0) is 14.9. The van der Waals surface area contributed by atoms with Crippen LogP contribution >= 0.6 is 0 Å². The van der Waals surface area contributed by atoms with Crippen LogP contribution in [0.3, 0.4) is 0 Å². The molecule has 1 atom stereocenters. The summed E-state index contributed by atoms with van der Waals surface area (Å²) >= 11 is 0. The predicted octanol–water partition coefficient (Wildman–Crippen LogP) is 1.17. The van der Waals surface area contributed by atoms with E-state index >= 15 is 0 Å². The zero-order valence-electron chi connectivity index (χ0n) is 11.7. The number of nitrogens with zero attached hydrogens (tertiary/aromatic N) is 3. The highest BCUT2D eigenvalue weighted by molar-refractivity contribution is 5.68. The van der Waals surface area contributed by atoms with Crippen LogP contribution in [-0.2, 0) is 11.8 Å². The van der Waals surface area contributed by atoms with E-state index in [1.165, 1.54) is 0 Å². The minimum Gasteiger partial charge on any atom is -0.481 e. The Morgan fingerprint density at radius 3 is 2.65 bits per heavy atom. The highest BCUT2D eigenvalue weighted by Crippen LogP contribution is 2.26. The molecule has 2 aromatic heterocycles. The third kappa shape index (κ3) is 2.36. The van der Waals surface area contributed by atoms with Gasteiger partial charge in [0.15, 0.2) is 5.69 Å². The average Bonchev–Trinajstić information content (AvgIpc) is 2.62. The molecule has 0 unspecified atom stereocenters. The summed E-state index contributed by atoms with van der Waals surface area (Å²) < 4.78 is 2.88. The Morgan fingerprint density at radius 2 is 2.20 bits per heavy atom. The highest BCUT2D eigenvalue weighted by atomic mass is 16.5. The Kier molecular flexibility index (Phi) is 3.74. The molecular weight excluding hydrogens is 258 g/mol. The second-order valence-corrected chi connectivity index (χ2v) is 4.84. The molecule has 0 aromatic carbocycles. The highest BCUT2D eigenvalue weighted by Gasteiger charge is 2.33. The number of carboxylic acids is 1. The van der Waals surface area contributed by atoms with E-state index in [9.17, 15) is 10.0 Å². The standard InChI is InChI=1S/C14H17N3O3/c1-9-10(2)17(20)14(16(9)3)12(7-13(18)19)11-5-4-6-15-8-11/h4-6,8,12H,7H2,1-3H3,(H-,18,19,20)/p+1/t12-/m0/s1. The van der Waals surface area contributed by atoms with Gasteiger partial charge < -0.3 is 10.3 Å². The van der Waals surface area contributed by atoms with Crippen LogP contribution in [-0.4, -0.2) is 26.0 Å². The van der Waals surface area contributed by atoms with Crippen molar-refractivity contribution in [2.45, 2.75) is 26.2 Å². The molecule has 0 fully saturated rings. The molecular formula is C14H18N3O3+. The van der Waals surface area contributed by atoms with Gasteiger partial charge in [-0.05, 0) is 16.4 Å². The number of carboxylic acid groups (broad SMARTS) is 1. The van der Waals surface area contributed by atoms with Gasteiger partial charge in [-0.1, -0.05) is 6.07 Å².